The highest BCUT2D eigenvalue weighted by Gasteiger charge is 2.35. The number of hydrogen-bond donors (Lipinski definition) is 1. The Morgan fingerprint density at radius 2 is 1.75 bits per heavy atom. The first-order valence-electron chi connectivity index (χ1n) is 10.5. The summed E-state index contributed by atoms with van der Waals surface area (Å²) in [4.78, 5) is 12.8. The van der Waals surface area contributed by atoms with Crippen molar-refractivity contribution >= 4 is 21.6 Å². The first kappa shape index (κ1) is 22.2. The zero-order valence-electron chi connectivity index (χ0n) is 18.0. The van der Waals surface area contributed by atoms with Gasteiger partial charge in [0, 0.05) is 24.7 Å². The topological polar surface area (TPSA) is 84.3 Å². The standard InChI is InChI=1S/C23H25FN4O3S/c1-16-22(17(2)28(26-16)21-9-4-3-5-10-21)32(30,31)27-13-11-18(12-14-27)23(29)25-20-8-6-7-19(24)15-20/h3-10,15,18H,11-14H2,1-2H3,(H,25,29). The summed E-state index contributed by atoms with van der Waals surface area (Å²) in [6, 6.07) is 15.1. The van der Waals surface area contributed by atoms with Gasteiger partial charge in [-0.1, -0.05) is 24.3 Å². The lowest BCUT2D eigenvalue weighted by Gasteiger charge is -2.30. The Kier molecular flexibility index (Phi) is 6.12. The predicted octanol–water partition coefficient (Wildman–Crippen LogP) is 3.67. The first-order valence-corrected chi connectivity index (χ1v) is 11.9. The molecule has 0 saturated carbocycles. The highest BCUT2D eigenvalue weighted by Crippen LogP contribution is 2.29. The van der Waals surface area contributed by atoms with Crippen LogP contribution in [0.15, 0.2) is 59.5 Å². The Bertz CT molecular complexity index is 1230. The van der Waals surface area contributed by atoms with Gasteiger partial charge >= 0.3 is 0 Å². The van der Waals surface area contributed by atoms with Crippen LogP contribution in [0.3, 0.4) is 0 Å². The van der Waals surface area contributed by atoms with Crippen LogP contribution in [0.5, 0.6) is 0 Å². The van der Waals surface area contributed by atoms with Crippen molar-refractivity contribution in [3.63, 3.8) is 0 Å². The van der Waals surface area contributed by atoms with E-state index in [4.69, 9.17) is 0 Å². The van der Waals surface area contributed by atoms with Crippen molar-refractivity contribution in [2.45, 2.75) is 31.6 Å². The molecule has 3 aromatic rings. The Morgan fingerprint density at radius 3 is 2.41 bits per heavy atom. The summed E-state index contributed by atoms with van der Waals surface area (Å²) in [6.07, 6.45) is 0.788. The van der Waals surface area contributed by atoms with E-state index < -0.39 is 15.8 Å². The van der Waals surface area contributed by atoms with E-state index in [-0.39, 0.29) is 29.8 Å². The van der Waals surface area contributed by atoms with Crippen LogP contribution in [-0.4, -0.2) is 41.5 Å². The Balaban J connectivity index is 1.48. The molecule has 1 N–H and O–H groups in total. The minimum Gasteiger partial charge on any atom is -0.326 e. The lowest BCUT2D eigenvalue weighted by atomic mass is 9.97. The Hall–Kier alpha value is -3.04. The number of piperidine rings is 1. The molecule has 0 aliphatic carbocycles. The van der Waals surface area contributed by atoms with Gasteiger partial charge in [0.2, 0.25) is 15.9 Å². The fraction of sp³-hybridized carbons (Fsp3) is 0.304. The zero-order valence-corrected chi connectivity index (χ0v) is 18.8. The van der Waals surface area contributed by atoms with Crippen molar-refractivity contribution in [3.8, 4) is 5.69 Å². The third-order valence-corrected chi connectivity index (χ3v) is 7.89. The molecule has 0 bridgehead atoms. The van der Waals surface area contributed by atoms with E-state index in [1.54, 1.807) is 24.6 Å². The van der Waals surface area contributed by atoms with Gasteiger partial charge in [-0.25, -0.2) is 17.5 Å². The minimum atomic E-state index is -3.76. The largest absolute Gasteiger partial charge is 0.326 e. The van der Waals surface area contributed by atoms with Crippen LogP contribution in [0.2, 0.25) is 0 Å². The van der Waals surface area contributed by atoms with Crippen molar-refractivity contribution in [3.05, 3.63) is 71.8 Å². The number of sulfonamides is 1. The molecule has 1 amide bonds. The zero-order chi connectivity index (χ0) is 22.9. The van der Waals surface area contributed by atoms with Crippen molar-refractivity contribution in [1.29, 1.82) is 0 Å². The quantitative estimate of drug-likeness (QED) is 0.635. The third kappa shape index (κ3) is 4.31. The fourth-order valence-corrected chi connectivity index (χ4v) is 5.94. The molecule has 4 rings (SSSR count). The molecule has 0 unspecified atom stereocenters. The van der Waals surface area contributed by atoms with E-state index in [1.165, 1.54) is 22.5 Å². The molecule has 2 heterocycles. The van der Waals surface area contributed by atoms with Crippen molar-refractivity contribution in [1.82, 2.24) is 14.1 Å². The molecule has 1 aliphatic heterocycles. The van der Waals surface area contributed by atoms with Gasteiger partial charge in [-0.3, -0.25) is 4.79 Å². The number of carbonyl (C=O) groups is 1. The van der Waals surface area contributed by atoms with Crippen LogP contribution in [0.1, 0.15) is 24.2 Å². The second-order valence-corrected chi connectivity index (χ2v) is 9.80. The molecule has 0 spiro atoms. The number of nitrogens with one attached hydrogen (secondary N) is 1. The smallest absolute Gasteiger partial charge is 0.246 e. The van der Waals surface area contributed by atoms with Gasteiger partial charge in [-0.2, -0.15) is 9.40 Å². The number of amides is 1. The molecule has 1 fully saturated rings. The first-order chi connectivity index (χ1) is 15.3. The maximum Gasteiger partial charge on any atom is 0.246 e. The average molecular weight is 457 g/mol. The Labute approximate surface area is 186 Å². The molecular weight excluding hydrogens is 431 g/mol. The predicted molar refractivity (Wildman–Crippen MR) is 120 cm³/mol. The lowest BCUT2D eigenvalue weighted by molar-refractivity contribution is -0.120. The van der Waals surface area contributed by atoms with Crippen molar-refractivity contribution in [2.24, 2.45) is 5.92 Å². The van der Waals surface area contributed by atoms with Gasteiger partial charge in [0.25, 0.3) is 0 Å². The molecule has 2 aromatic carbocycles. The van der Waals surface area contributed by atoms with Gasteiger partial charge in [0.15, 0.2) is 0 Å². The van der Waals surface area contributed by atoms with Gasteiger partial charge in [-0.15, -0.1) is 0 Å². The van der Waals surface area contributed by atoms with Gasteiger partial charge in [0.05, 0.1) is 17.1 Å². The van der Waals surface area contributed by atoms with Gasteiger partial charge in [0.1, 0.15) is 10.7 Å². The molecule has 1 aromatic heterocycles. The number of para-hydroxylation sites is 1. The molecule has 168 valence electrons. The minimum absolute atomic E-state index is 0.212. The Morgan fingerprint density at radius 1 is 1.06 bits per heavy atom. The number of nitrogens with zero attached hydrogens (tertiary/aromatic N) is 3. The highest BCUT2D eigenvalue weighted by atomic mass is 32.2. The van der Waals surface area contributed by atoms with E-state index in [1.807, 2.05) is 30.3 Å². The SMILES string of the molecule is Cc1nn(-c2ccccc2)c(C)c1S(=O)(=O)N1CCC(C(=O)Nc2cccc(F)c2)CC1. The van der Waals surface area contributed by atoms with Crippen molar-refractivity contribution in [2.75, 3.05) is 18.4 Å². The van der Waals surface area contributed by atoms with Crippen molar-refractivity contribution < 1.29 is 17.6 Å². The highest BCUT2D eigenvalue weighted by molar-refractivity contribution is 7.89. The molecule has 7 nitrogen and oxygen atoms in total. The van der Waals surface area contributed by atoms with E-state index in [2.05, 4.69) is 10.4 Å². The number of aromatic nitrogens is 2. The fourth-order valence-electron chi connectivity index (χ4n) is 4.12. The maximum atomic E-state index is 13.4. The van der Waals surface area contributed by atoms with Crippen LogP contribution in [0.25, 0.3) is 5.69 Å². The summed E-state index contributed by atoms with van der Waals surface area (Å²) in [5.41, 5.74) is 2.18. The summed E-state index contributed by atoms with van der Waals surface area (Å²) in [6.45, 7) is 3.91. The second-order valence-electron chi connectivity index (χ2n) is 7.93. The van der Waals surface area contributed by atoms with Crippen LogP contribution in [0, 0.1) is 25.6 Å². The van der Waals surface area contributed by atoms with Crippen LogP contribution < -0.4 is 5.32 Å². The number of benzene rings is 2. The monoisotopic (exact) mass is 456 g/mol. The van der Waals surface area contributed by atoms with E-state index >= 15 is 0 Å². The molecule has 0 radical (unpaired) electrons. The number of carbonyl (C=O) groups excluding carboxylic acids is 1. The second kappa shape index (κ2) is 8.84. The van der Waals surface area contributed by atoms with E-state index in [0.717, 1.165) is 5.69 Å². The summed E-state index contributed by atoms with van der Waals surface area (Å²) in [7, 11) is -3.76. The van der Waals surface area contributed by atoms with E-state index in [0.29, 0.717) is 29.9 Å². The summed E-state index contributed by atoms with van der Waals surface area (Å²) in [5.74, 6) is -0.985. The number of aryl methyl sites for hydroxylation is 1. The molecular formula is C23H25FN4O3S. The number of rotatable bonds is 5. The lowest BCUT2D eigenvalue weighted by Crippen LogP contribution is -2.41. The molecule has 0 atom stereocenters. The van der Waals surface area contributed by atoms with Gasteiger partial charge in [-0.05, 0) is 57.0 Å². The normalized spacial score (nSPS) is 15.6. The summed E-state index contributed by atoms with van der Waals surface area (Å²) >= 11 is 0. The maximum absolute atomic E-state index is 13.4. The van der Waals surface area contributed by atoms with E-state index in [9.17, 15) is 17.6 Å². The van der Waals surface area contributed by atoms with Crippen LogP contribution in [0.4, 0.5) is 10.1 Å². The number of hydrogen-bond acceptors (Lipinski definition) is 4. The number of anilines is 1. The molecule has 9 heteroatoms. The number of halogens is 1. The summed E-state index contributed by atoms with van der Waals surface area (Å²) in [5, 5.41) is 7.17. The van der Waals surface area contributed by atoms with Gasteiger partial charge < -0.3 is 5.32 Å². The molecule has 1 saturated heterocycles. The molecule has 32 heavy (non-hydrogen) atoms. The third-order valence-electron chi connectivity index (χ3n) is 5.74. The average Bonchev–Trinajstić information content (AvgIpc) is 3.09. The molecule has 1 aliphatic rings. The van der Waals surface area contributed by atoms with Crippen LogP contribution >= 0.6 is 0 Å². The summed E-state index contributed by atoms with van der Waals surface area (Å²) < 4.78 is 43.2. The van der Waals surface area contributed by atoms with Crippen LogP contribution in [-0.2, 0) is 14.8 Å².